The minimum absolute atomic E-state index is 0.280. The zero-order chi connectivity index (χ0) is 9.26. The van der Waals surface area contributed by atoms with Gasteiger partial charge in [0.05, 0.1) is 0 Å². The van der Waals surface area contributed by atoms with Crippen LogP contribution in [0.3, 0.4) is 0 Å². The van der Waals surface area contributed by atoms with Crippen LogP contribution in [0.1, 0.15) is 0 Å². The van der Waals surface area contributed by atoms with Gasteiger partial charge in [0.2, 0.25) is 3.83 Å². The maximum absolute atomic E-state index is 12.5. The van der Waals surface area contributed by atoms with E-state index in [9.17, 15) is 4.39 Å². The highest BCUT2D eigenvalue weighted by Crippen LogP contribution is 2.17. The molecular formula is C8H4FIN2O. The predicted octanol–water partition coefficient (Wildman–Crippen LogP) is 2.48. The molecule has 0 unspecified atom stereocenters. The van der Waals surface area contributed by atoms with E-state index in [-0.39, 0.29) is 5.82 Å². The van der Waals surface area contributed by atoms with Crippen molar-refractivity contribution in [2.24, 2.45) is 0 Å². The van der Waals surface area contributed by atoms with Crippen molar-refractivity contribution in [2.75, 3.05) is 0 Å². The first kappa shape index (κ1) is 8.61. The van der Waals surface area contributed by atoms with E-state index in [4.69, 9.17) is 4.52 Å². The molecule has 0 saturated carbocycles. The Bertz CT molecular complexity index is 412. The SMILES string of the molecule is Fc1ccc(-c2nc(I)no2)cc1. The minimum Gasteiger partial charge on any atom is -0.333 e. The summed E-state index contributed by atoms with van der Waals surface area (Å²) in [4.78, 5) is 4.00. The van der Waals surface area contributed by atoms with E-state index in [2.05, 4.69) is 10.1 Å². The van der Waals surface area contributed by atoms with Crippen LogP contribution >= 0.6 is 22.6 Å². The van der Waals surface area contributed by atoms with Gasteiger partial charge in [0, 0.05) is 28.2 Å². The van der Waals surface area contributed by atoms with E-state index in [0.717, 1.165) is 5.56 Å². The molecule has 0 atom stereocenters. The van der Waals surface area contributed by atoms with Crippen molar-refractivity contribution >= 4 is 22.6 Å². The van der Waals surface area contributed by atoms with E-state index >= 15 is 0 Å². The molecule has 2 aromatic rings. The van der Waals surface area contributed by atoms with E-state index in [1.165, 1.54) is 12.1 Å². The second kappa shape index (κ2) is 3.41. The molecule has 0 spiro atoms. The van der Waals surface area contributed by atoms with Gasteiger partial charge < -0.3 is 4.52 Å². The Balaban J connectivity index is 2.41. The number of benzene rings is 1. The molecule has 0 radical (unpaired) electrons. The maximum atomic E-state index is 12.5. The van der Waals surface area contributed by atoms with E-state index in [1.807, 2.05) is 22.6 Å². The number of aromatic nitrogens is 2. The summed E-state index contributed by atoms with van der Waals surface area (Å²) in [6, 6.07) is 5.90. The number of rotatable bonds is 1. The normalized spacial score (nSPS) is 10.3. The van der Waals surface area contributed by atoms with Crippen molar-refractivity contribution in [2.45, 2.75) is 0 Å². The number of hydrogen-bond donors (Lipinski definition) is 0. The Morgan fingerprint density at radius 1 is 1.23 bits per heavy atom. The lowest BCUT2D eigenvalue weighted by Crippen LogP contribution is -1.78. The molecule has 0 amide bonds. The smallest absolute Gasteiger partial charge is 0.258 e. The molecule has 0 aliphatic heterocycles. The lowest BCUT2D eigenvalue weighted by Gasteiger charge is -1.91. The lowest BCUT2D eigenvalue weighted by atomic mass is 10.2. The van der Waals surface area contributed by atoms with Gasteiger partial charge in [-0.15, -0.1) is 0 Å². The number of hydrogen-bond acceptors (Lipinski definition) is 3. The Hall–Kier alpha value is -0.980. The highest BCUT2D eigenvalue weighted by Gasteiger charge is 2.05. The molecule has 66 valence electrons. The largest absolute Gasteiger partial charge is 0.333 e. The summed E-state index contributed by atoms with van der Waals surface area (Å²) in [6.07, 6.45) is 0. The molecule has 2 rings (SSSR count). The van der Waals surface area contributed by atoms with Gasteiger partial charge in [-0.2, -0.15) is 4.98 Å². The Morgan fingerprint density at radius 2 is 1.92 bits per heavy atom. The zero-order valence-electron chi connectivity index (χ0n) is 6.37. The average molecular weight is 290 g/mol. The van der Waals surface area contributed by atoms with Gasteiger partial charge in [-0.1, -0.05) is 5.16 Å². The molecule has 0 bridgehead atoms. The fourth-order valence-corrected chi connectivity index (χ4v) is 1.23. The monoisotopic (exact) mass is 290 g/mol. The van der Waals surface area contributed by atoms with Gasteiger partial charge in [-0.25, -0.2) is 4.39 Å². The summed E-state index contributed by atoms with van der Waals surface area (Å²) < 4.78 is 18.0. The Kier molecular flexibility index (Phi) is 2.26. The number of halogens is 2. The second-order valence-corrected chi connectivity index (χ2v) is 3.34. The first-order chi connectivity index (χ1) is 6.25. The summed E-state index contributed by atoms with van der Waals surface area (Å²) >= 11 is 1.94. The molecule has 1 aromatic carbocycles. The van der Waals surface area contributed by atoms with E-state index in [0.29, 0.717) is 9.72 Å². The van der Waals surface area contributed by atoms with Crippen molar-refractivity contribution < 1.29 is 8.91 Å². The lowest BCUT2D eigenvalue weighted by molar-refractivity contribution is 0.426. The van der Waals surface area contributed by atoms with Crippen molar-refractivity contribution in [3.63, 3.8) is 0 Å². The molecule has 1 aromatic heterocycles. The highest BCUT2D eigenvalue weighted by atomic mass is 127. The summed E-state index contributed by atoms with van der Waals surface area (Å²) in [5.74, 6) is 0.127. The van der Waals surface area contributed by atoms with Crippen LogP contribution in [-0.2, 0) is 0 Å². The van der Waals surface area contributed by atoms with Gasteiger partial charge in [0.25, 0.3) is 5.89 Å². The number of nitrogens with zero attached hydrogens (tertiary/aromatic N) is 2. The first-order valence-corrected chi connectivity index (χ1v) is 4.59. The zero-order valence-corrected chi connectivity index (χ0v) is 8.53. The summed E-state index contributed by atoms with van der Waals surface area (Å²) in [7, 11) is 0. The third-order valence-corrected chi connectivity index (χ3v) is 1.93. The minimum atomic E-state index is -0.280. The van der Waals surface area contributed by atoms with Crippen LogP contribution < -0.4 is 0 Å². The third kappa shape index (κ3) is 1.85. The van der Waals surface area contributed by atoms with E-state index < -0.39 is 0 Å². The van der Waals surface area contributed by atoms with Gasteiger partial charge in [-0.05, 0) is 24.3 Å². The van der Waals surface area contributed by atoms with E-state index in [1.54, 1.807) is 12.1 Å². The van der Waals surface area contributed by atoms with Gasteiger partial charge in [-0.3, -0.25) is 0 Å². The molecule has 0 saturated heterocycles. The first-order valence-electron chi connectivity index (χ1n) is 3.51. The standard InChI is InChI=1S/C8H4FIN2O/c9-6-3-1-5(2-4-6)7-11-8(10)12-13-7/h1-4H. The molecular weight excluding hydrogens is 286 g/mol. The molecule has 13 heavy (non-hydrogen) atoms. The third-order valence-electron chi connectivity index (χ3n) is 1.49. The average Bonchev–Trinajstić information content (AvgIpc) is 2.53. The molecule has 1 heterocycles. The topological polar surface area (TPSA) is 38.9 Å². The van der Waals surface area contributed by atoms with Crippen LogP contribution in [0.2, 0.25) is 0 Å². The molecule has 0 aliphatic carbocycles. The van der Waals surface area contributed by atoms with Crippen molar-refractivity contribution in [3.8, 4) is 11.5 Å². The van der Waals surface area contributed by atoms with Crippen LogP contribution in [0, 0.1) is 9.65 Å². The molecule has 0 N–H and O–H groups in total. The Labute approximate surface area is 87.1 Å². The summed E-state index contributed by atoms with van der Waals surface area (Å²) in [5, 5.41) is 3.62. The van der Waals surface area contributed by atoms with Gasteiger partial charge in [0.1, 0.15) is 5.82 Å². The van der Waals surface area contributed by atoms with Crippen LogP contribution in [0.5, 0.6) is 0 Å². The van der Waals surface area contributed by atoms with Crippen LogP contribution in [0.15, 0.2) is 28.8 Å². The maximum Gasteiger partial charge on any atom is 0.258 e. The molecule has 5 heteroatoms. The summed E-state index contributed by atoms with van der Waals surface area (Å²) in [6.45, 7) is 0. The van der Waals surface area contributed by atoms with Gasteiger partial charge in [0.15, 0.2) is 0 Å². The predicted molar refractivity (Wildman–Crippen MR) is 52.4 cm³/mol. The van der Waals surface area contributed by atoms with Crippen LogP contribution in [0.25, 0.3) is 11.5 Å². The fourth-order valence-electron chi connectivity index (χ4n) is 0.915. The molecule has 0 aliphatic rings. The fraction of sp³-hybridized carbons (Fsp3) is 0. The van der Waals surface area contributed by atoms with Crippen LogP contribution in [-0.4, -0.2) is 10.1 Å². The molecule has 3 nitrogen and oxygen atoms in total. The van der Waals surface area contributed by atoms with Crippen LogP contribution in [0.4, 0.5) is 4.39 Å². The van der Waals surface area contributed by atoms with Crippen molar-refractivity contribution in [1.29, 1.82) is 0 Å². The highest BCUT2D eigenvalue weighted by molar-refractivity contribution is 14.1. The Morgan fingerprint density at radius 3 is 2.46 bits per heavy atom. The summed E-state index contributed by atoms with van der Waals surface area (Å²) in [5.41, 5.74) is 0.719. The quantitative estimate of drug-likeness (QED) is 0.757. The van der Waals surface area contributed by atoms with Crippen molar-refractivity contribution in [3.05, 3.63) is 33.9 Å². The second-order valence-electron chi connectivity index (χ2n) is 2.38. The molecule has 0 fully saturated rings. The van der Waals surface area contributed by atoms with Gasteiger partial charge >= 0.3 is 0 Å². The van der Waals surface area contributed by atoms with Crippen molar-refractivity contribution in [1.82, 2.24) is 10.1 Å².